The number of hydrogen-bond acceptors (Lipinski definition) is 5. The molecule has 0 bridgehead atoms. The van der Waals surface area contributed by atoms with E-state index in [1.807, 2.05) is 0 Å². The van der Waals surface area contributed by atoms with Gasteiger partial charge in [0, 0.05) is 26.7 Å². The largest absolute Gasteiger partial charge is 0.383 e. The molecule has 6 nitrogen and oxygen atoms in total. The predicted octanol–water partition coefficient (Wildman–Crippen LogP) is 1.72. The third-order valence-electron chi connectivity index (χ3n) is 4.08. The van der Waals surface area contributed by atoms with Gasteiger partial charge in [-0.25, -0.2) is 8.78 Å². The summed E-state index contributed by atoms with van der Waals surface area (Å²) in [6, 6.07) is 6.76. The van der Waals surface area contributed by atoms with Crippen molar-refractivity contribution < 1.29 is 18.3 Å². The van der Waals surface area contributed by atoms with Crippen molar-refractivity contribution in [3.8, 4) is 11.3 Å². The summed E-state index contributed by atoms with van der Waals surface area (Å²) in [6.07, 6.45) is 0. The van der Waals surface area contributed by atoms with Crippen LogP contribution in [-0.4, -0.2) is 60.9 Å². The first kappa shape index (κ1) is 17.2. The van der Waals surface area contributed by atoms with Gasteiger partial charge in [0.1, 0.15) is 11.6 Å². The zero-order valence-corrected chi connectivity index (χ0v) is 13.8. The Morgan fingerprint density at radius 2 is 1.88 bits per heavy atom. The first-order valence-corrected chi connectivity index (χ1v) is 7.90. The smallest absolute Gasteiger partial charge is 0.242 e. The molecule has 1 aromatic heterocycles. The van der Waals surface area contributed by atoms with Crippen LogP contribution in [0.3, 0.4) is 0 Å². The van der Waals surface area contributed by atoms with Gasteiger partial charge in [0.05, 0.1) is 24.4 Å². The molecule has 0 saturated carbocycles. The van der Waals surface area contributed by atoms with Gasteiger partial charge in [0.15, 0.2) is 5.82 Å². The van der Waals surface area contributed by atoms with Crippen LogP contribution < -0.4 is 4.90 Å². The van der Waals surface area contributed by atoms with E-state index >= 15 is 0 Å². The van der Waals surface area contributed by atoms with Crippen molar-refractivity contribution in [1.82, 2.24) is 15.1 Å². The number of carbonyl (C=O) groups is 1. The molecular formula is C17H18F2N4O2. The highest BCUT2D eigenvalue weighted by Crippen LogP contribution is 2.25. The molecule has 2 heterocycles. The van der Waals surface area contributed by atoms with Gasteiger partial charge in [-0.1, -0.05) is 6.07 Å². The molecule has 2 aromatic rings. The van der Waals surface area contributed by atoms with E-state index in [0.717, 1.165) is 0 Å². The molecular weight excluding hydrogens is 330 g/mol. The van der Waals surface area contributed by atoms with Crippen molar-refractivity contribution in [2.24, 2.45) is 0 Å². The third kappa shape index (κ3) is 3.74. The summed E-state index contributed by atoms with van der Waals surface area (Å²) < 4.78 is 32.6. The van der Waals surface area contributed by atoms with Crippen LogP contribution in [-0.2, 0) is 9.53 Å². The van der Waals surface area contributed by atoms with E-state index < -0.39 is 11.6 Å². The van der Waals surface area contributed by atoms with Crippen LogP contribution in [0.1, 0.15) is 0 Å². The van der Waals surface area contributed by atoms with Crippen LogP contribution in [0.4, 0.5) is 14.6 Å². The second-order valence-electron chi connectivity index (χ2n) is 5.67. The summed E-state index contributed by atoms with van der Waals surface area (Å²) in [5.41, 5.74) is -0.0913. The molecule has 8 heteroatoms. The second kappa shape index (κ2) is 7.52. The summed E-state index contributed by atoms with van der Waals surface area (Å²) in [5, 5.41) is 7.95. The van der Waals surface area contributed by atoms with Gasteiger partial charge in [0.2, 0.25) is 5.91 Å². The number of aromatic nitrogens is 2. The van der Waals surface area contributed by atoms with Crippen LogP contribution >= 0.6 is 0 Å². The standard InChI is InChI=1S/C17H18F2N4O2/c1-25-10-9-22-7-8-23(11-16(22)24)15-6-5-14(20-21-15)17-12(18)3-2-4-13(17)19/h2-6H,7-11H2,1H3. The number of rotatable bonds is 5. The maximum Gasteiger partial charge on any atom is 0.242 e. The van der Waals surface area contributed by atoms with Crippen molar-refractivity contribution in [3.63, 3.8) is 0 Å². The summed E-state index contributed by atoms with van der Waals surface area (Å²) >= 11 is 0. The van der Waals surface area contributed by atoms with Gasteiger partial charge in [0.25, 0.3) is 0 Å². The van der Waals surface area contributed by atoms with Gasteiger partial charge in [-0.05, 0) is 24.3 Å². The highest BCUT2D eigenvalue weighted by Gasteiger charge is 2.25. The molecule has 132 valence electrons. The molecule has 1 saturated heterocycles. The number of carbonyl (C=O) groups excluding carboxylic acids is 1. The average Bonchev–Trinajstić information content (AvgIpc) is 2.61. The fraction of sp³-hybridized carbons (Fsp3) is 0.353. The molecule has 1 fully saturated rings. The zero-order valence-electron chi connectivity index (χ0n) is 13.8. The molecule has 25 heavy (non-hydrogen) atoms. The van der Waals surface area contributed by atoms with Crippen LogP contribution in [0, 0.1) is 11.6 Å². The minimum atomic E-state index is -0.691. The minimum absolute atomic E-state index is 0.0191. The summed E-state index contributed by atoms with van der Waals surface area (Å²) in [4.78, 5) is 15.7. The Morgan fingerprint density at radius 1 is 1.12 bits per heavy atom. The summed E-state index contributed by atoms with van der Waals surface area (Å²) in [5.74, 6) is -0.900. The average molecular weight is 348 g/mol. The molecule has 0 atom stereocenters. The number of ether oxygens (including phenoxy) is 1. The lowest BCUT2D eigenvalue weighted by atomic mass is 10.1. The number of halogens is 2. The first-order chi connectivity index (χ1) is 12.1. The fourth-order valence-corrected chi connectivity index (χ4v) is 2.71. The van der Waals surface area contributed by atoms with Crippen LogP contribution in [0.5, 0.6) is 0 Å². The lowest BCUT2D eigenvalue weighted by molar-refractivity contribution is -0.131. The lowest BCUT2D eigenvalue weighted by Crippen LogP contribution is -2.51. The summed E-state index contributed by atoms with van der Waals surface area (Å²) in [7, 11) is 1.59. The van der Waals surface area contributed by atoms with Crippen molar-refractivity contribution in [2.75, 3.05) is 44.8 Å². The van der Waals surface area contributed by atoms with E-state index in [9.17, 15) is 13.6 Å². The number of hydrogen-bond donors (Lipinski definition) is 0. The monoisotopic (exact) mass is 348 g/mol. The van der Waals surface area contributed by atoms with Crippen molar-refractivity contribution in [2.45, 2.75) is 0 Å². The lowest BCUT2D eigenvalue weighted by Gasteiger charge is -2.34. The molecule has 0 spiro atoms. The molecule has 1 aromatic carbocycles. The Morgan fingerprint density at radius 3 is 2.48 bits per heavy atom. The Balaban J connectivity index is 1.72. The molecule has 0 unspecified atom stereocenters. The second-order valence-corrected chi connectivity index (χ2v) is 5.67. The van der Waals surface area contributed by atoms with Crippen LogP contribution in [0.15, 0.2) is 30.3 Å². The zero-order chi connectivity index (χ0) is 17.8. The fourth-order valence-electron chi connectivity index (χ4n) is 2.71. The number of nitrogens with zero attached hydrogens (tertiary/aromatic N) is 4. The number of anilines is 1. The molecule has 0 N–H and O–H groups in total. The van der Waals surface area contributed by atoms with Gasteiger partial charge >= 0.3 is 0 Å². The van der Waals surface area contributed by atoms with Gasteiger partial charge in [-0.3, -0.25) is 4.79 Å². The quantitative estimate of drug-likeness (QED) is 0.823. The first-order valence-electron chi connectivity index (χ1n) is 7.90. The highest BCUT2D eigenvalue weighted by atomic mass is 19.1. The molecule has 1 aliphatic heterocycles. The normalized spacial score (nSPS) is 14.9. The topological polar surface area (TPSA) is 58.6 Å². The Hall–Kier alpha value is -2.61. The predicted molar refractivity (Wildman–Crippen MR) is 88.1 cm³/mol. The SMILES string of the molecule is COCCN1CCN(c2ccc(-c3c(F)cccc3F)nn2)CC1=O. The maximum absolute atomic E-state index is 13.8. The van der Waals surface area contributed by atoms with Crippen molar-refractivity contribution in [1.29, 1.82) is 0 Å². The van der Waals surface area contributed by atoms with Crippen molar-refractivity contribution in [3.05, 3.63) is 42.0 Å². The van der Waals surface area contributed by atoms with Crippen LogP contribution in [0.2, 0.25) is 0 Å². The van der Waals surface area contributed by atoms with E-state index in [1.165, 1.54) is 24.3 Å². The Bertz CT molecular complexity index is 735. The summed E-state index contributed by atoms with van der Waals surface area (Å²) in [6.45, 7) is 2.41. The van der Waals surface area contributed by atoms with Crippen LogP contribution in [0.25, 0.3) is 11.3 Å². The van der Waals surface area contributed by atoms with Gasteiger partial charge < -0.3 is 14.5 Å². The number of benzene rings is 1. The van der Waals surface area contributed by atoms with Gasteiger partial charge in [-0.15, -0.1) is 10.2 Å². The number of piperazine rings is 1. The maximum atomic E-state index is 13.8. The minimum Gasteiger partial charge on any atom is -0.383 e. The van der Waals surface area contributed by atoms with E-state index in [-0.39, 0.29) is 23.7 Å². The van der Waals surface area contributed by atoms with Gasteiger partial charge in [-0.2, -0.15) is 0 Å². The Labute approximate surface area is 144 Å². The molecule has 0 radical (unpaired) electrons. The van der Waals surface area contributed by atoms with Crippen molar-refractivity contribution >= 4 is 11.7 Å². The number of amides is 1. The number of methoxy groups -OCH3 is 1. The van der Waals surface area contributed by atoms with E-state index in [0.29, 0.717) is 32.1 Å². The van der Waals surface area contributed by atoms with E-state index in [4.69, 9.17) is 4.74 Å². The highest BCUT2D eigenvalue weighted by molar-refractivity contribution is 5.82. The molecule has 1 amide bonds. The third-order valence-corrected chi connectivity index (χ3v) is 4.08. The Kier molecular flexibility index (Phi) is 5.18. The molecule has 1 aliphatic rings. The molecule has 3 rings (SSSR count). The van der Waals surface area contributed by atoms with E-state index in [2.05, 4.69) is 10.2 Å². The van der Waals surface area contributed by atoms with E-state index in [1.54, 1.807) is 23.0 Å². The molecule has 0 aliphatic carbocycles.